The molecule has 116 valence electrons. The summed E-state index contributed by atoms with van der Waals surface area (Å²) in [6.45, 7) is 11.8. The summed E-state index contributed by atoms with van der Waals surface area (Å²) in [5.74, 6) is 0. The first-order valence-corrected chi connectivity index (χ1v) is 8.07. The van der Waals surface area contributed by atoms with Crippen molar-refractivity contribution in [2.24, 2.45) is 4.40 Å². The molecule has 6 heteroatoms. The van der Waals surface area contributed by atoms with Gasteiger partial charge in [-0.15, -0.1) is 0 Å². The summed E-state index contributed by atoms with van der Waals surface area (Å²) in [5.41, 5.74) is -0.504. The second-order valence-electron chi connectivity index (χ2n) is 7.00. The molecule has 0 aromatic rings. The van der Waals surface area contributed by atoms with Crippen molar-refractivity contribution in [2.45, 2.75) is 70.8 Å². The average molecular weight is 302 g/mol. The van der Waals surface area contributed by atoms with E-state index in [1.807, 2.05) is 41.5 Å². The molecule has 0 aromatic heterocycles. The highest BCUT2D eigenvalue weighted by molar-refractivity contribution is 7.91. The third-order valence-corrected chi connectivity index (χ3v) is 4.14. The Morgan fingerprint density at radius 1 is 1.35 bits per heavy atom. The van der Waals surface area contributed by atoms with Crippen LogP contribution < -0.4 is 0 Å². The Balaban J connectivity index is 2.66. The van der Waals surface area contributed by atoms with Crippen molar-refractivity contribution in [2.75, 3.05) is 6.54 Å². The number of likely N-dealkylation sites (tertiary alicyclic amines) is 1. The molecule has 0 aliphatic carbocycles. The number of carbonyl (C=O) groups is 1. The van der Waals surface area contributed by atoms with Crippen LogP contribution in [0.2, 0.25) is 0 Å². The average Bonchev–Trinajstić information content (AvgIpc) is 2.70. The molecule has 0 bridgehead atoms. The predicted molar refractivity (Wildman–Crippen MR) is 82.3 cm³/mol. The van der Waals surface area contributed by atoms with Gasteiger partial charge in [-0.05, 0) is 54.4 Å². The largest absolute Gasteiger partial charge is 0.591 e. The van der Waals surface area contributed by atoms with Gasteiger partial charge in [0.25, 0.3) is 0 Å². The number of hydrogen-bond donors (Lipinski definition) is 0. The molecule has 0 saturated carbocycles. The lowest BCUT2D eigenvalue weighted by molar-refractivity contribution is 0.0268. The monoisotopic (exact) mass is 302 g/mol. The van der Waals surface area contributed by atoms with Crippen molar-refractivity contribution in [3.63, 3.8) is 0 Å². The smallest absolute Gasteiger partial charge is 0.410 e. The third-order valence-electron chi connectivity index (χ3n) is 2.78. The molecule has 20 heavy (non-hydrogen) atoms. The number of hydrogen-bond acceptors (Lipinski definition) is 4. The molecule has 1 saturated heterocycles. The van der Waals surface area contributed by atoms with Gasteiger partial charge in [-0.1, -0.05) is 4.40 Å². The van der Waals surface area contributed by atoms with E-state index in [1.54, 1.807) is 11.1 Å². The second kappa shape index (κ2) is 6.35. The van der Waals surface area contributed by atoms with Gasteiger partial charge in [-0.25, -0.2) is 4.79 Å². The van der Waals surface area contributed by atoms with Gasteiger partial charge in [-0.3, -0.25) is 0 Å². The summed E-state index contributed by atoms with van der Waals surface area (Å²) >= 11 is -1.29. The molecule has 0 spiro atoms. The molecule has 0 aromatic carbocycles. The van der Waals surface area contributed by atoms with Crippen LogP contribution in [0.3, 0.4) is 0 Å². The fourth-order valence-electron chi connectivity index (χ4n) is 1.78. The van der Waals surface area contributed by atoms with E-state index in [0.29, 0.717) is 6.54 Å². The molecule has 0 N–H and O–H groups in total. The molecular formula is C14H26N2O3S. The van der Waals surface area contributed by atoms with Crippen LogP contribution in [-0.4, -0.2) is 44.7 Å². The number of rotatable bonds is 2. The zero-order valence-corrected chi connectivity index (χ0v) is 14.1. The van der Waals surface area contributed by atoms with E-state index < -0.39 is 17.0 Å². The van der Waals surface area contributed by atoms with Crippen molar-refractivity contribution < 1.29 is 14.1 Å². The Morgan fingerprint density at radius 2 is 1.95 bits per heavy atom. The normalized spacial score (nSPS) is 22.4. The highest BCUT2D eigenvalue weighted by atomic mass is 32.2. The van der Waals surface area contributed by atoms with Crippen molar-refractivity contribution in [1.82, 2.24) is 4.90 Å². The highest BCUT2D eigenvalue weighted by Gasteiger charge is 2.33. The minimum atomic E-state index is -1.29. The van der Waals surface area contributed by atoms with Crippen LogP contribution in [0.25, 0.3) is 0 Å². The van der Waals surface area contributed by atoms with Gasteiger partial charge in [0.2, 0.25) is 0 Å². The molecule has 0 unspecified atom stereocenters. The van der Waals surface area contributed by atoms with Gasteiger partial charge in [0.1, 0.15) is 21.7 Å². The maximum Gasteiger partial charge on any atom is 0.410 e. The lowest BCUT2D eigenvalue weighted by atomic mass is 10.2. The molecule has 5 nitrogen and oxygen atoms in total. The summed E-state index contributed by atoms with van der Waals surface area (Å²) in [6, 6.07) is -0.115. The Morgan fingerprint density at radius 3 is 2.45 bits per heavy atom. The van der Waals surface area contributed by atoms with Crippen LogP contribution in [0.1, 0.15) is 54.4 Å². The third kappa shape index (κ3) is 5.32. The highest BCUT2D eigenvalue weighted by Crippen LogP contribution is 2.21. The van der Waals surface area contributed by atoms with E-state index in [-0.39, 0.29) is 16.9 Å². The summed E-state index contributed by atoms with van der Waals surface area (Å²) in [6.07, 6.45) is 3.06. The Hall–Kier alpha value is -0.750. The maximum absolute atomic E-state index is 12.1. The molecule has 2 atom stereocenters. The van der Waals surface area contributed by atoms with Crippen LogP contribution in [0, 0.1) is 0 Å². The number of carbonyl (C=O) groups excluding carboxylic acids is 1. The standard InChI is InChI=1S/C14H26N2O3S/c1-13(2,3)19-12(17)16-9-7-8-11(16)10-15-20(18)14(4,5)6/h10-11H,7-9H2,1-6H3/b15-10+/t11-,20-/m0/s1. The first-order valence-electron chi connectivity index (χ1n) is 6.96. The van der Waals surface area contributed by atoms with E-state index in [4.69, 9.17) is 4.74 Å². The van der Waals surface area contributed by atoms with Gasteiger partial charge in [0.15, 0.2) is 0 Å². The summed E-state index contributed by atoms with van der Waals surface area (Å²) in [4.78, 5) is 13.7. The quantitative estimate of drug-likeness (QED) is 0.582. The first kappa shape index (κ1) is 17.3. The van der Waals surface area contributed by atoms with E-state index in [0.717, 1.165) is 12.8 Å². The van der Waals surface area contributed by atoms with Crippen LogP contribution in [0.5, 0.6) is 0 Å². The molecule has 0 radical (unpaired) electrons. The van der Waals surface area contributed by atoms with E-state index >= 15 is 0 Å². The van der Waals surface area contributed by atoms with Crippen molar-refractivity contribution in [1.29, 1.82) is 0 Å². The predicted octanol–water partition coefficient (Wildman–Crippen LogP) is 2.92. The molecule has 1 amide bonds. The van der Waals surface area contributed by atoms with E-state index in [1.165, 1.54) is 0 Å². The summed E-state index contributed by atoms with van der Waals surface area (Å²) in [5, 5.41) is 0. The van der Waals surface area contributed by atoms with Gasteiger partial charge < -0.3 is 14.2 Å². The Bertz CT molecular complexity index is 372. The van der Waals surface area contributed by atoms with Gasteiger partial charge in [0.05, 0.1) is 12.3 Å². The van der Waals surface area contributed by atoms with Crippen molar-refractivity contribution in [3.8, 4) is 0 Å². The SMILES string of the molecule is CC(C)(C)OC(=O)N1CCC[C@H]1/C=N/[S@@+]([O-])C(C)(C)C. The zero-order valence-electron chi connectivity index (χ0n) is 13.3. The van der Waals surface area contributed by atoms with Gasteiger partial charge >= 0.3 is 6.09 Å². The topological polar surface area (TPSA) is 65.0 Å². The number of nitrogens with zero attached hydrogens (tertiary/aromatic N) is 2. The molecule has 1 aliphatic rings. The van der Waals surface area contributed by atoms with Crippen molar-refractivity contribution in [3.05, 3.63) is 0 Å². The van der Waals surface area contributed by atoms with E-state index in [2.05, 4.69) is 4.40 Å². The zero-order chi connectivity index (χ0) is 15.6. The van der Waals surface area contributed by atoms with Crippen LogP contribution in [0.15, 0.2) is 4.40 Å². The van der Waals surface area contributed by atoms with Crippen molar-refractivity contribution >= 4 is 23.7 Å². The lowest BCUT2D eigenvalue weighted by Crippen LogP contribution is -2.40. The fraction of sp³-hybridized carbons (Fsp3) is 0.857. The molecule has 1 heterocycles. The second-order valence-corrected chi connectivity index (χ2v) is 8.93. The minimum absolute atomic E-state index is 0.115. The molecular weight excluding hydrogens is 276 g/mol. The van der Waals surface area contributed by atoms with Gasteiger partial charge in [0, 0.05) is 6.54 Å². The molecule has 1 fully saturated rings. The Kier molecular flexibility index (Phi) is 5.49. The van der Waals surface area contributed by atoms with Crippen LogP contribution >= 0.6 is 0 Å². The number of amides is 1. The lowest BCUT2D eigenvalue weighted by Gasteiger charge is -2.27. The van der Waals surface area contributed by atoms with Crippen LogP contribution in [-0.2, 0) is 16.1 Å². The first-order chi connectivity index (χ1) is 9.00. The molecule has 1 aliphatic heterocycles. The summed E-state index contributed by atoms with van der Waals surface area (Å²) < 4.78 is 21.0. The Labute approximate surface area is 125 Å². The van der Waals surface area contributed by atoms with Gasteiger partial charge in [-0.2, -0.15) is 0 Å². The summed E-state index contributed by atoms with van der Waals surface area (Å²) in [7, 11) is 0. The fourth-order valence-corrected chi connectivity index (χ4v) is 2.35. The number of ether oxygens (including phenoxy) is 1. The minimum Gasteiger partial charge on any atom is -0.591 e. The van der Waals surface area contributed by atoms with Crippen LogP contribution in [0.4, 0.5) is 4.79 Å². The van der Waals surface area contributed by atoms with E-state index in [9.17, 15) is 9.35 Å². The molecule has 1 rings (SSSR count). The maximum atomic E-state index is 12.1.